The third-order valence-electron chi connectivity index (χ3n) is 2.85. The van der Waals surface area contributed by atoms with Gasteiger partial charge in [-0.05, 0) is 30.0 Å². The standard InChI is InChI=1S/C11H21N/c1-8(2)10-6-11(9(3)4)12(5)7-10/h7-9,11H,6H2,1-5H3. The minimum Gasteiger partial charge on any atom is -0.377 e. The summed E-state index contributed by atoms with van der Waals surface area (Å²) in [5, 5.41) is 0. The van der Waals surface area contributed by atoms with Gasteiger partial charge in [-0.3, -0.25) is 0 Å². The highest BCUT2D eigenvalue weighted by Gasteiger charge is 2.25. The molecule has 0 saturated carbocycles. The SMILES string of the molecule is CC(C)C1=CN(C)C(C(C)C)C1. The minimum atomic E-state index is 0.719. The van der Waals surface area contributed by atoms with Gasteiger partial charge in [0, 0.05) is 13.1 Å². The number of hydrogen-bond acceptors (Lipinski definition) is 1. The summed E-state index contributed by atoms with van der Waals surface area (Å²) < 4.78 is 0. The zero-order valence-electron chi connectivity index (χ0n) is 8.96. The Bertz CT molecular complexity index is 179. The summed E-state index contributed by atoms with van der Waals surface area (Å²) in [7, 11) is 2.19. The molecular weight excluding hydrogens is 146 g/mol. The van der Waals surface area contributed by atoms with Crippen molar-refractivity contribution in [3.63, 3.8) is 0 Å². The highest BCUT2D eigenvalue weighted by atomic mass is 15.1. The first-order chi connectivity index (χ1) is 5.52. The van der Waals surface area contributed by atoms with E-state index in [2.05, 4.69) is 45.8 Å². The lowest BCUT2D eigenvalue weighted by Crippen LogP contribution is -2.27. The summed E-state index contributed by atoms with van der Waals surface area (Å²) in [5.41, 5.74) is 1.61. The van der Waals surface area contributed by atoms with Crippen molar-refractivity contribution in [3.05, 3.63) is 11.8 Å². The normalized spacial score (nSPS) is 24.1. The first-order valence-corrected chi connectivity index (χ1v) is 4.95. The van der Waals surface area contributed by atoms with Gasteiger partial charge in [0.2, 0.25) is 0 Å². The van der Waals surface area contributed by atoms with E-state index < -0.39 is 0 Å². The van der Waals surface area contributed by atoms with Crippen LogP contribution < -0.4 is 0 Å². The molecule has 1 aliphatic heterocycles. The molecule has 1 atom stereocenters. The second-order valence-electron chi connectivity index (χ2n) is 4.54. The Balaban J connectivity index is 2.60. The maximum Gasteiger partial charge on any atom is 0.0341 e. The van der Waals surface area contributed by atoms with E-state index >= 15 is 0 Å². The van der Waals surface area contributed by atoms with Gasteiger partial charge in [-0.25, -0.2) is 0 Å². The van der Waals surface area contributed by atoms with Gasteiger partial charge in [0.25, 0.3) is 0 Å². The summed E-state index contributed by atoms with van der Waals surface area (Å²) in [6.45, 7) is 9.17. The van der Waals surface area contributed by atoms with Crippen LogP contribution in [0.25, 0.3) is 0 Å². The van der Waals surface area contributed by atoms with Crippen molar-refractivity contribution in [3.8, 4) is 0 Å². The lowest BCUT2D eigenvalue weighted by atomic mass is 9.94. The van der Waals surface area contributed by atoms with Crippen LogP contribution in [0, 0.1) is 11.8 Å². The van der Waals surface area contributed by atoms with Crippen LogP contribution in [0.4, 0.5) is 0 Å². The lowest BCUT2D eigenvalue weighted by molar-refractivity contribution is 0.281. The predicted octanol–water partition coefficient (Wildman–Crippen LogP) is 2.89. The molecule has 1 aliphatic rings. The van der Waals surface area contributed by atoms with Crippen LogP contribution >= 0.6 is 0 Å². The van der Waals surface area contributed by atoms with E-state index in [9.17, 15) is 0 Å². The Kier molecular flexibility index (Phi) is 2.81. The van der Waals surface area contributed by atoms with Gasteiger partial charge in [0.1, 0.15) is 0 Å². The van der Waals surface area contributed by atoms with E-state index in [-0.39, 0.29) is 0 Å². The summed E-state index contributed by atoms with van der Waals surface area (Å²) in [6, 6.07) is 0.738. The van der Waals surface area contributed by atoms with Crippen LogP contribution in [-0.2, 0) is 0 Å². The minimum absolute atomic E-state index is 0.719. The van der Waals surface area contributed by atoms with Crippen LogP contribution in [-0.4, -0.2) is 18.0 Å². The molecule has 0 saturated heterocycles. The van der Waals surface area contributed by atoms with Crippen molar-refractivity contribution in [2.45, 2.75) is 40.2 Å². The molecule has 0 fully saturated rings. The van der Waals surface area contributed by atoms with Crippen molar-refractivity contribution in [2.24, 2.45) is 11.8 Å². The summed E-state index contributed by atoms with van der Waals surface area (Å²) in [5.74, 6) is 1.48. The van der Waals surface area contributed by atoms with Gasteiger partial charge < -0.3 is 4.90 Å². The quantitative estimate of drug-likeness (QED) is 0.611. The Morgan fingerprint density at radius 1 is 1.33 bits per heavy atom. The molecule has 0 amide bonds. The summed E-state index contributed by atoms with van der Waals surface area (Å²) >= 11 is 0. The molecular formula is C11H21N. The molecule has 70 valence electrons. The third kappa shape index (κ3) is 1.82. The fraction of sp³-hybridized carbons (Fsp3) is 0.818. The smallest absolute Gasteiger partial charge is 0.0341 e. The molecule has 1 heterocycles. The molecule has 0 bridgehead atoms. The van der Waals surface area contributed by atoms with E-state index in [0.717, 1.165) is 17.9 Å². The zero-order valence-corrected chi connectivity index (χ0v) is 8.96. The van der Waals surface area contributed by atoms with Crippen molar-refractivity contribution in [1.29, 1.82) is 0 Å². The zero-order chi connectivity index (χ0) is 9.30. The molecule has 1 heteroatoms. The fourth-order valence-electron chi connectivity index (χ4n) is 1.89. The van der Waals surface area contributed by atoms with Crippen LogP contribution in [0.5, 0.6) is 0 Å². The topological polar surface area (TPSA) is 3.24 Å². The highest BCUT2D eigenvalue weighted by molar-refractivity contribution is 5.13. The maximum absolute atomic E-state index is 2.38. The molecule has 0 aliphatic carbocycles. The molecule has 0 radical (unpaired) electrons. The van der Waals surface area contributed by atoms with Gasteiger partial charge in [-0.2, -0.15) is 0 Å². The average Bonchev–Trinajstić information content (AvgIpc) is 2.30. The van der Waals surface area contributed by atoms with Crippen molar-refractivity contribution < 1.29 is 0 Å². The highest BCUT2D eigenvalue weighted by Crippen LogP contribution is 2.29. The van der Waals surface area contributed by atoms with E-state index in [1.807, 2.05) is 0 Å². The Morgan fingerprint density at radius 2 is 1.92 bits per heavy atom. The number of hydrogen-bond donors (Lipinski definition) is 0. The molecule has 0 aromatic carbocycles. The van der Waals surface area contributed by atoms with Gasteiger partial charge >= 0.3 is 0 Å². The second kappa shape index (κ2) is 3.51. The first kappa shape index (κ1) is 9.63. The number of rotatable bonds is 2. The Hall–Kier alpha value is -0.460. The van der Waals surface area contributed by atoms with Crippen molar-refractivity contribution in [2.75, 3.05) is 7.05 Å². The van der Waals surface area contributed by atoms with E-state index in [4.69, 9.17) is 0 Å². The van der Waals surface area contributed by atoms with E-state index in [1.165, 1.54) is 6.42 Å². The lowest BCUT2D eigenvalue weighted by Gasteiger charge is -2.24. The van der Waals surface area contributed by atoms with E-state index in [1.54, 1.807) is 5.57 Å². The Labute approximate surface area is 76.5 Å². The molecule has 1 unspecified atom stereocenters. The third-order valence-corrected chi connectivity index (χ3v) is 2.85. The van der Waals surface area contributed by atoms with Gasteiger partial charge in [-0.15, -0.1) is 0 Å². The van der Waals surface area contributed by atoms with Crippen molar-refractivity contribution >= 4 is 0 Å². The summed E-state index contributed by atoms with van der Waals surface area (Å²) in [4.78, 5) is 2.38. The van der Waals surface area contributed by atoms with Gasteiger partial charge in [-0.1, -0.05) is 27.7 Å². The molecule has 1 rings (SSSR count). The molecule has 0 spiro atoms. The molecule has 0 aromatic heterocycles. The fourth-order valence-corrected chi connectivity index (χ4v) is 1.89. The Morgan fingerprint density at radius 3 is 2.17 bits per heavy atom. The van der Waals surface area contributed by atoms with Crippen molar-refractivity contribution in [1.82, 2.24) is 4.90 Å². The molecule has 1 nitrogen and oxygen atoms in total. The first-order valence-electron chi connectivity index (χ1n) is 4.95. The molecule has 12 heavy (non-hydrogen) atoms. The molecule has 0 aromatic rings. The monoisotopic (exact) mass is 167 g/mol. The average molecular weight is 167 g/mol. The maximum atomic E-state index is 2.38. The predicted molar refractivity (Wildman–Crippen MR) is 53.9 cm³/mol. The molecule has 0 N–H and O–H groups in total. The van der Waals surface area contributed by atoms with Crippen LogP contribution in [0.15, 0.2) is 11.8 Å². The second-order valence-corrected chi connectivity index (χ2v) is 4.54. The van der Waals surface area contributed by atoms with Crippen LogP contribution in [0.1, 0.15) is 34.1 Å². The number of nitrogens with zero attached hydrogens (tertiary/aromatic N) is 1. The van der Waals surface area contributed by atoms with Crippen LogP contribution in [0.2, 0.25) is 0 Å². The van der Waals surface area contributed by atoms with Crippen LogP contribution in [0.3, 0.4) is 0 Å². The van der Waals surface area contributed by atoms with E-state index in [0.29, 0.717) is 0 Å². The largest absolute Gasteiger partial charge is 0.377 e. The summed E-state index contributed by atoms with van der Waals surface area (Å²) in [6.07, 6.45) is 3.60. The van der Waals surface area contributed by atoms with Gasteiger partial charge in [0.15, 0.2) is 0 Å². The van der Waals surface area contributed by atoms with Gasteiger partial charge in [0.05, 0.1) is 0 Å².